The molecule has 0 unspecified atom stereocenters. The van der Waals surface area contributed by atoms with Crippen LogP contribution >= 0.6 is 0 Å². The Labute approximate surface area is 125 Å². The first-order chi connectivity index (χ1) is 10.2. The summed E-state index contributed by atoms with van der Waals surface area (Å²) < 4.78 is 0. The second-order valence-corrected chi connectivity index (χ2v) is 5.19. The van der Waals surface area contributed by atoms with Crippen molar-refractivity contribution in [1.82, 2.24) is 5.32 Å². The maximum atomic E-state index is 11.0. The Morgan fingerprint density at radius 1 is 0.952 bits per heavy atom. The van der Waals surface area contributed by atoms with Gasteiger partial charge in [0.1, 0.15) is 0 Å². The van der Waals surface area contributed by atoms with E-state index in [1.54, 1.807) is 0 Å². The minimum absolute atomic E-state index is 0.0112. The Balaban J connectivity index is 1.87. The predicted octanol–water partition coefficient (Wildman–Crippen LogP) is 3.25. The maximum absolute atomic E-state index is 11.0. The third-order valence-electron chi connectivity index (χ3n) is 3.48. The van der Waals surface area contributed by atoms with E-state index in [-0.39, 0.29) is 12.5 Å². The minimum atomic E-state index is -0.756. The van der Waals surface area contributed by atoms with Crippen molar-refractivity contribution in [2.45, 2.75) is 31.8 Å². The van der Waals surface area contributed by atoms with Gasteiger partial charge in [0.25, 0.3) is 0 Å². The molecule has 3 nitrogen and oxygen atoms in total. The first kappa shape index (κ1) is 15.3. The molecule has 0 saturated carbocycles. The van der Waals surface area contributed by atoms with Gasteiger partial charge in [-0.3, -0.25) is 4.79 Å². The van der Waals surface area contributed by atoms with Crippen LogP contribution in [0.2, 0.25) is 0 Å². The zero-order chi connectivity index (χ0) is 14.9. The van der Waals surface area contributed by atoms with Crippen LogP contribution in [0.25, 0.3) is 0 Å². The van der Waals surface area contributed by atoms with Gasteiger partial charge >= 0.3 is 5.97 Å². The highest BCUT2D eigenvalue weighted by Gasteiger charge is 2.12. The van der Waals surface area contributed by atoms with Crippen LogP contribution in [0, 0.1) is 0 Å². The topological polar surface area (TPSA) is 49.3 Å². The smallest absolute Gasteiger partial charge is 0.304 e. The molecule has 2 aromatic carbocycles. The Morgan fingerprint density at radius 3 is 2.10 bits per heavy atom. The molecular formula is C18H21NO2. The van der Waals surface area contributed by atoms with E-state index in [0.717, 1.165) is 12.8 Å². The van der Waals surface area contributed by atoms with Crippen LogP contribution in [0.3, 0.4) is 0 Å². The molecule has 1 atom stereocenters. The minimum Gasteiger partial charge on any atom is -0.481 e. The van der Waals surface area contributed by atoms with Gasteiger partial charge < -0.3 is 10.4 Å². The highest BCUT2D eigenvalue weighted by molar-refractivity contribution is 5.67. The molecule has 0 fully saturated rings. The molecular weight excluding hydrogens is 262 g/mol. The van der Waals surface area contributed by atoms with E-state index in [4.69, 9.17) is 5.11 Å². The van der Waals surface area contributed by atoms with Gasteiger partial charge in [0.15, 0.2) is 0 Å². The van der Waals surface area contributed by atoms with Crippen molar-refractivity contribution in [3.8, 4) is 0 Å². The summed E-state index contributed by atoms with van der Waals surface area (Å²) in [6.07, 6.45) is 1.86. The van der Waals surface area contributed by atoms with E-state index in [9.17, 15) is 4.79 Å². The Morgan fingerprint density at radius 2 is 1.52 bits per heavy atom. The third kappa shape index (κ3) is 5.79. The van der Waals surface area contributed by atoms with Gasteiger partial charge in [-0.2, -0.15) is 0 Å². The number of carboxylic acids is 1. The van der Waals surface area contributed by atoms with Crippen LogP contribution in [0.4, 0.5) is 0 Å². The van der Waals surface area contributed by atoms with Crippen LogP contribution in [-0.4, -0.2) is 17.1 Å². The van der Waals surface area contributed by atoms with Gasteiger partial charge in [-0.05, 0) is 24.0 Å². The molecule has 110 valence electrons. The predicted molar refractivity (Wildman–Crippen MR) is 84.1 cm³/mol. The van der Waals surface area contributed by atoms with Gasteiger partial charge in [0.2, 0.25) is 0 Å². The Hall–Kier alpha value is -2.13. The van der Waals surface area contributed by atoms with Crippen molar-refractivity contribution in [2.75, 3.05) is 0 Å². The fourth-order valence-corrected chi connectivity index (χ4v) is 2.33. The molecule has 0 amide bonds. The zero-order valence-electron chi connectivity index (χ0n) is 12.0. The third-order valence-corrected chi connectivity index (χ3v) is 3.48. The standard InChI is InChI=1S/C18H21NO2/c20-18(21)13-17(12-11-15-7-3-1-4-8-15)19-14-16-9-5-2-6-10-16/h1-10,17,19H,11-14H2,(H,20,21)/t17-/m0/s1. The van der Waals surface area contributed by atoms with Crippen LogP contribution in [-0.2, 0) is 17.8 Å². The number of hydrogen-bond donors (Lipinski definition) is 2. The van der Waals surface area contributed by atoms with Crippen molar-refractivity contribution in [2.24, 2.45) is 0 Å². The van der Waals surface area contributed by atoms with Crippen molar-refractivity contribution < 1.29 is 9.90 Å². The Bertz CT molecular complexity index is 496. The summed E-state index contributed by atoms with van der Waals surface area (Å²) in [6.45, 7) is 0.702. The van der Waals surface area contributed by atoms with E-state index in [1.807, 2.05) is 48.5 Å². The number of carboxylic acid groups (broad SMARTS) is 1. The molecule has 2 N–H and O–H groups in total. The fraction of sp³-hybridized carbons (Fsp3) is 0.278. The van der Waals surface area contributed by atoms with E-state index in [1.165, 1.54) is 11.1 Å². The number of benzene rings is 2. The average molecular weight is 283 g/mol. The van der Waals surface area contributed by atoms with Gasteiger partial charge in [-0.25, -0.2) is 0 Å². The lowest BCUT2D eigenvalue weighted by Gasteiger charge is -2.17. The highest BCUT2D eigenvalue weighted by Crippen LogP contribution is 2.09. The van der Waals surface area contributed by atoms with Crippen LogP contribution < -0.4 is 5.32 Å². The lowest BCUT2D eigenvalue weighted by atomic mass is 10.0. The molecule has 0 aliphatic rings. The average Bonchev–Trinajstić information content (AvgIpc) is 2.51. The number of aliphatic carboxylic acids is 1. The molecule has 21 heavy (non-hydrogen) atoms. The monoisotopic (exact) mass is 283 g/mol. The molecule has 0 bridgehead atoms. The van der Waals surface area contributed by atoms with Crippen LogP contribution in [0.15, 0.2) is 60.7 Å². The molecule has 0 radical (unpaired) electrons. The van der Waals surface area contributed by atoms with Gasteiger partial charge in [0, 0.05) is 12.6 Å². The molecule has 0 aliphatic carbocycles. The zero-order valence-corrected chi connectivity index (χ0v) is 12.0. The molecule has 2 rings (SSSR count). The number of aryl methyl sites for hydroxylation is 1. The van der Waals surface area contributed by atoms with Gasteiger partial charge in [0.05, 0.1) is 6.42 Å². The van der Waals surface area contributed by atoms with Crippen LogP contribution in [0.5, 0.6) is 0 Å². The summed E-state index contributed by atoms with van der Waals surface area (Å²) in [5.74, 6) is -0.756. The first-order valence-corrected chi connectivity index (χ1v) is 7.27. The maximum Gasteiger partial charge on any atom is 0.304 e. The quantitative estimate of drug-likeness (QED) is 0.782. The van der Waals surface area contributed by atoms with Crippen molar-refractivity contribution in [3.05, 3.63) is 71.8 Å². The van der Waals surface area contributed by atoms with E-state index in [2.05, 4.69) is 17.4 Å². The summed E-state index contributed by atoms with van der Waals surface area (Å²) in [5.41, 5.74) is 2.42. The fourth-order valence-electron chi connectivity index (χ4n) is 2.33. The van der Waals surface area contributed by atoms with Crippen molar-refractivity contribution in [3.63, 3.8) is 0 Å². The van der Waals surface area contributed by atoms with Crippen molar-refractivity contribution in [1.29, 1.82) is 0 Å². The van der Waals surface area contributed by atoms with Gasteiger partial charge in [-0.15, -0.1) is 0 Å². The van der Waals surface area contributed by atoms with E-state index >= 15 is 0 Å². The normalized spacial score (nSPS) is 12.0. The molecule has 0 spiro atoms. The first-order valence-electron chi connectivity index (χ1n) is 7.27. The molecule has 0 saturated heterocycles. The molecule has 0 aromatic heterocycles. The molecule has 0 aliphatic heterocycles. The number of nitrogens with one attached hydrogen (secondary N) is 1. The number of hydrogen-bond acceptors (Lipinski definition) is 2. The highest BCUT2D eigenvalue weighted by atomic mass is 16.4. The lowest BCUT2D eigenvalue weighted by Crippen LogP contribution is -2.31. The van der Waals surface area contributed by atoms with Gasteiger partial charge in [-0.1, -0.05) is 60.7 Å². The SMILES string of the molecule is O=C(O)C[C@H](CCc1ccccc1)NCc1ccccc1. The molecule has 0 heterocycles. The summed E-state index contributed by atoms with van der Waals surface area (Å²) in [4.78, 5) is 11.0. The molecule has 3 heteroatoms. The van der Waals surface area contributed by atoms with E-state index < -0.39 is 5.97 Å². The molecule has 2 aromatic rings. The summed E-state index contributed by atoms with van der Waals surface area (Å²) in [5, 5.41) is 12.4. The van der Waals surface area contributed by atoms with Crippen molar-refractivity contribution >= 4 is 5.97 Å². The number of carbonyl (C=O) groups is 1. The summed E-state index contributed by atoms with van der Waals surface area (Å²) >= 11 is 0. The summed E-state index contributed by atoms with van der Waals surface area (Å²) in [7, 11) is 0. The Kier molecular flexibility index (Phi) is 5.98. The summed E-state index contributed by atoms with van der Waals surface area (Å²) in [6, 6.07) is 20.2. The second-order valence-electron chi connectivity index (χ2n) is 5.19. The van der Waals surface area contributed by atoms with E-state index in [0.29, 0.717) is 6.54 Å². The number of rotatable bonds is 8. The lowest BCUT2D eigenvalue weighted by molar-refractivity contribution is -0.137. The largest absolute Gasteiger partial charge is 0.481 e. The second kappa shape index (κ2) is 8.22. The van der Waals surface area contributed by atoms with Crippen LogP contribution in [0.1, 0.15) is 24.0 Å².